The summed E-state index contributed by atoms with van der Waals surface area (Å²) < 4.78 is 0. The van der Waals surface area contributed by atoms with Crippen LogP contribution in [-0.4, -0.2) is 29.7 Å². The van der Waals surface area contributed by atoms with E-state index in [1.807, 2.05) is 44.2 Å². The number of hydrogen-bond acceptors (Lipinski definition) is 4. The van der Waals surface area contributed by atoms with E-state index in [1.54, 1.807) is 0 Å². The van der Waals surface area contributed by atoms with Crippen molar-refractivity contribution < 1.29 is 14.7 Å². The first-order valence-corrected chi connectivity index (χ1v) is 6.12. The summed E-state index contributed by atoms with van der Waals surface area (Å²) in [5.41, 5.74) is 1.03. The number of nitrogens with zero attached hydrogens (tertiary/aromatic N) is 1. The zero-order chi connectivity index (χ0) is 14.5. The van der Waals surface area contributed by atoms with Crippen LogP contribution in [0.5, 0.6) is 0 Å². The summed E-state index contributed by atoms with van der Waals surface area (Å²) in [4.78, 5) is 23.1. The Balaban J connectivity index is 0.000000344. The van der Waals surface area contributed by atoms with Crippen molar-refractivity contribution in [2.75, 3.05) is 6.54 Å². The molecule has 1 aromatic carbocycles. The average molecular weight is 264 g/mol. The number of carbonyl (C=O) groups excluding carboxylic acids is 1. The molecule has 0 aliphatic rings. The Bertz CT molecular complexity index is 400. The highest BCUT2D eigenvalue weighted by molar-refractivity contribution is 5.69. The second kappa shape index (κ2) is 11.1. The van der Waals surface area contributed by atoms with Crippen molar-refractivity contribution in [3.05, 3.63) is 35.9 Å². The third kappa shape index (κ3) is 10.9. The van der Waals surface area contributed by atoms with E-state index >= 15 is 0 Å². The van der Waals surface area contributed by atoms with Crippen LogP contribution in [0.15, 0.2) is 35.3 Å². The molecule has 1 atom stereocenters. The number of isocyanates is 1. The van der Waals surface area contributed by atoms with Gasteiger partial charge in [0.05, 0.1) is 13.1 Å². The lowest BCUT2D eigenvalue weighted by atomic mass is 10.2. The molecule has 0 amide bonds. The van der Waals surface area contributed by atoms with Gasteiger partial charge in [0.2, 0.25) is 6.08 Å². The van der Waals surface area contributed by atoms with Gasteiger partial charge in [-0.1, -0.05) is 37.3 Å². The summed E-state index contributed by atoms with van der Waals surface area (Å²) in [5, 5.41) is 11.0. The molecule has 0 heterocycles. The van der Waals surface area contributed by atoms with Crippen molar-refractivity contribution in [3.8, 4) is 0 Å². The molecule has 104 valence electrons. The van der Waals surface area contributed by atoms with Gasteiger partial charge in [-0.05, 0) is 18.9 Å². The molecule has 0 saturated heterocycles. The Labute approximate surface area is 113 Å². The second-order valence-electron chi connectivity index (χ2n) is 3.98. The van der Waals surface area contributed by atoms with Gasteiger partial charge in [0.15, 0.2) is 0 Å². The Morgan fingerprint density at radius 2 is 2.05 bits per heavy atom. The van der Waals surface area contributed by atoms with Crippen molar-refractivity contribution in [2.45, 2.75) is 32.9 Å². The predicted molar refractivity (Wildman–Crippen MR) is 73.7 cm³/mol. The minimum absolute atomic E-state index is 0.0645. The van der Waals surface area contributed by atoms with E-state index in [9.17, 15) is 9.59 Å². The largest absolute Gasteiger partial charge is 0.480 e. The lowest BCUT2D eigenvalue weighted by Gasteiger charge is -2.07. The summed E-state index contributed by atoms with van der Waals surface area (Å²) in [6, 6.07) is 9.89. The number of rotatable bonds is 6. The van der Waals surface area contributed by atoms with Crippen molar-refractivity contribution in [1.82, 2.24) is 5.32 Å². The average Bonchev–Trinajstić information content (AvgIpc) is 2.44. The molecular weight excluding hydrogens is 244 g/mol. The molecular formula is C14H20N2O3. The second-order valence-corrected chi connectivity index (χ2v) is 3.98. The smallest absolute Gasteiger partial charge is 0.317 e. The highest BCUT2D eigenvalue weighted by Crippen LogP contribution is 1.98. The maximum Gasteiger partial charge on any atom is 0.317 e. The number of benzene rings is 1. The molecule has 5 heteroatoms. The third-order valence-corrected chi connectivity index (χ3v) is 2.38. The first kappa shape index (κ1) is 17.0. The van der Waals surface area contributed by atoms with Gasteiger partial charge in [-0.2, -0.15) is 0 Å². The quantitative estimate of drug-likeness (QED) is 0.608. The third-order valence-electron chi connectivity index (χ3n) is 2.38. The molecule has 0 bridgehead atoms. The van der Waals surface area contributed by atoms with E-state index in [2.05, 4.69) is 10.3 Å². The number of carbonyl (C=O) groups is 1. The molecule has 1 aromatic rings. The maximum absolute atomic E-state index is 9.96. The molecule has 19 heavy (non-hydrogen) atoms. The fourth-order valence-electron chi connectivity index (χ4n) is 1.11. The number of hydrogen-bond donors (Lipinski definition) is 2. The van der Waals surface area contributed by atoms with Crippen molar-refractivity contribution >= 4 is 12.0 Å². The van der Waals surface area contributed by atoms with Crippen molar-refractivity contribution in [1.29, 1.82) is 0 Å². The van der Waals surface area contributed by atoms with Gasteiger partial charge >= 0.3 is 5.97 Å². The Morgan fingerprint density at radius 3 is 2.53 bits per heavy atom. The highest BCUT2D eigenvalue weighted by Gasteiger charge is 1.99. The van der Waals surface area contributed by atoms with Gasteiger partial charge in [0.25, 0.3) is 0 Å². The van der Waals surface area contributed by atoms with Crippen molar-refractivity contribution in [2.24, 2.45) is 4.99 Å². The van der Waals surface area contributed by atoms with E-state index in [4.69, 9.17) is 5.11 Å². The summed E-state index contributed by atoms with van der Waals surface area (Å²) in [6.07, 6.45) is 2.46. The monoisotopic (exact) mass is 264 g/mol. The molecule has 0 saturated carbocycles. The summed E-state index contributed by atoms with van der Waals surface area (Å²) >= 11 is 0. The first-order valence-electron chi connectivity index (χ1n) is 6.12. The molecule has 0 aliphatic heterocycles. The van der Waals surface area contributed by atoms with Crippen LogP contribution in [0.25, 0.3) is 0 Å². The van der Waals surface area contributed by atoms with Gasteiger partial charge in [-0.25, -0.2) is 9.79 Å². The minimum atomic E-state index is -0.796. The van der Waals surface area contributed by atoms with E-state index in [-0.39, 0.29) is 6.54 Å². The van der Waals surface area contributed by atoms with Gasteiger partial charge in [0, 0.05) is 6.04 Å². The normalized spacial score (nSPS) is 10.6. The van der Waals surface area contributed by atoms with Crippen LogP contribution >= 0.6 is 0 Å². The molecule has 0 spiro atoms. The number of carboxylic acid groups (broad SMARTS) is 1. The number of aliphatic carboxylic acids is 1. The van der Waals surface area contributed by atoms with E-state index < -0.39 is 5.97 Å². The Hall–Kier alpha value is -1.97. The predicted octanol–water partition coefficient (Wildman–Crippen LogP) is 1.98. The van der Waals surface area contributed by atoms with E-state index in [1.165, 1.54) is 6.08 Å². The number of aliphatic imine (C=N–C) groups is 1. The first-order chi connectivity index (χ1) is 9.10. The molecule has 1 rings (SSSR count). The SMILES string of the molecule is CCC(C)NCC(=O)O.O=C=NCc1ccccc1. The van der Waals surface area contributed by atoms with Crippen LogP contribution in [-0.2, 0) is 16.1 Å². The summed E-state index contributed by atoms with van der Waals surface area (Å²) in [7, 11) is 0. The number of carboxylic acids is 1. The van der Waals surface area contributed by atoms with Gasteiger partial charge in [0.1, 0.15) is 0 Å². The van der Waals surface area contributed by atoms with Gasteiger partial charge in [-0.3, -0.25) is 4.79 Å². The lowest BCUT2D eigenvalue weighted by molar-refractivity contribution is -0.136. The molecule has 5 nitrogen and oxygen atoms in total. The molecule has 0 fully saturated rings. The van der Waals surface area contributed by atoms with Crippen LogP contribution in [0.2, 0.25) is 0 Å². The zero-order valence-electron chi connectivity index (χ0n) is 11.3. The van der Waals surface area contributed by atoms with Crippen LogP contribution in [0.4, 0.5) is 0 Å². The van der Waals surface area contributed by atoms with Crippen LogP contribution in [0.3, 0.4) is 0 Å². The maximum atomic E-state index is 9.96. The fraction of sp³-hybridized carbons (Fsp3) is 0.429. The lowest BCUT2D eigenvalue weighted by Crippen LogP contribution is -2.30. The Morgan fingerprint density at radius 1 is 1.42 bits per heavy atom. The Kier molecular flexibility index (Phi) is 9.98. The molecule has 0 aliphatic carbocycles. The molecule has 0 radical (unpaired) electrons. The summed E-state index contributed by atoms with van der Waals surface area (Å²) in [5.74, 6) is -0.796. The van der Waals surface area contributed by atoms with Crippen LogP contribution in [0.1, 0.15) is 25.8 Å². The molecule has 2 N–H and O–H groups in total. The van der Waals surface area contributed by atoms with Crippen molar-refractivity contribution in [3.63, 3.8) is 0 Å². The highest BCUT2D eigenvalue weighted by atomic mass is 16.4. The standard InChI is InChI=1S/C8H7NO.C6H13NO2/c10-7-9-6-8-4-2-1-3-5-8;1-3-5(2)7-4-6(8)9/h1-5H,6H2;5,7H,3-4H2,1-2H3,(H,8,9). The van der Waals surface area contributed by atoms with E-state index in [0.29, 0.717) is 12.6 Å². The molecule has 1 unspecified atom stereocenters. The number of nitrogens with one attached hydrogen (secondary N) is 1. The van der Waals surface area contributed by atoms with Crippen LogP contribution < -0.4 is 5.32 Å². The van der Waals surface area contributed by atoms with Gasteiger partial charge in [-0.15, -0.1) is 0 Å². The van der Waals surface area contributed by atoms with E-state index in [0.717, 1.165) is 12.0 Å². The van der Waals surface area contributed by atoms with Crippen LogP contribution in [0, 0.1) is 0 Å². The van der Waals surface area contributed by atoms with Gasteiger partial charge < -0.3 is 10.4 Å². The summed E-state index contributed by atoms with van der Waals surface area (Å²) in [6.45, 7) is 4.47. The topological polar surface area (TPSA) is 78.8 Å². The minimum Gasteiger partial charge on any atom is -0.480 e. The fourth-order valence-corrected chi connectivity index (χ4v) is 1.11. The zero-order valence-corrected chi connectivity index (χ0v) is 11.3. The molecule has 0 aromatic heterocycles.